The smallest absolute Gasteiger partial charge is 0.411 e. The Kier molecular flexibility index (Phi) is 4.47. The van der Waals surface area contributed by atoms with Gasteiger partial charge >= 0.3 is 6.09 Å². The molecule has 0 radical (unpaired) electrons. The molecule has 0 fully saturated rings. The highest BCUT2D eigenvalue weighted by Gasteiger charge is 2.04. The summed E-state index contributed by atoms with van der Waals surface area (Å²) < 4.78 is 4.61. The first-order valence-electron chi connectivity index (χ1n) is 4.79. The molecule has 0 bridgehead atoms. The van der Waals surface area contributed by atoms with E-state index in [0.29, 0.717) is 11.3 Å². The molecule has 0 unspecified atom stereocenters. The predicted molar refractivity (Wildman–Crippen MR) is 58.5 cm³/mol. The van der Waals surface area contributed by atoms with E-state index in [1.807, 2.05) is 0 Å². The molecule has 0 aliphatic carbocycles. The maximum atomic E-state index is 11.1. The maximum absolute atomic E-state index is 11.1. The van der Waals surface area contributed by atoms with E-state index in [1.54, 1.807) is 24.3 Å². The van der Waals surface area contributed by atoms with Crippen molar-refractivity contribution in [3.05, 3.63) is 29.8 Å². The number of rotatable bonds is 4. The van der Waals surface area contributed by atoms with Crippen LogP contribution in [0.1, 0.15) is 17.3 Å². The van der Waals surface area contributed by atoms with E-state index in [4.69, 9.17) is 5.11 Å². The highest BCUT2D eigenvalue weighted by molar-refractivity contribution is 5.96. The zero-order valence-electron chi connectivity index (χ0n) is 8.90. The molecule has 0 heterocycles. The summed E-state index contributed by atoms with van der Waals surface area (Å²) in [7, 11) is 0. The summed E-state index contributed by atoms with van der Waals surface area (Å²) in [6, 6.07) is 6.53. The third kappa shape index (κ3) is 3.70. The number of aliphatic hydroxyl groups is 1. The van der Waals surface area contributed by atoms with E-state index in [2.05, 4.69) is 10.1 Å². The third-order valence-electron chi connectivity index (χ3n) is 1.84. The predicted octanol–water partition coefficient (Wildman–Crippen LogP) is 1.43. The van der Waals surface area contributed by atoms with Crippen LogP contribution in [0.15, 0.2) is 24.3 Å². The average molecular weight is 223 g/mol. The molecule has 0 aliphatic heterocycles. The first-order chi connectivity index (χ1) is 7.63. The lowest BCUT2D eigenvalue weighted by molar-refractivity contribution is 0.101. The van der Waals surface area contributed by atoms with E-state index < -0.39 is 6.09 Å². The van der Waals surface area contributed by atoms with Crippen LogP contribution in [-0.2, 0) is 4.74 Å². The van der Waals surface area contributed by atoms with Gasteiger partial charge in [-0.2, -0.15) is 0 Å². The molecular weight excluding hydrogens is 210 g/mol. The molecule has 0 saturated heterocycles. The molecular formula is C11H13NO4. The van der Waals surface area contributed by atoms with Crippen LogP contribution in [0.25, 0.3) is 0 Å². The fourth-order valence-electron chi connectivity index (χ4n) is 1.11. The Morgan fingerprint density at radius 3 is 2.81 bits per heavy atom. The summed E-state index contributed by atoms with van der Waals surface area (Å²) in [5.74, 6) is -0.0765. The van der Waals surface area contributed by atoms with E-state index in [0.717, 1.165) is 0 Å². The Morgan fingerprint density at radius 2 is 2.19 bits per heavy atom. The van der Waals surface area contributed by atoms with Gasteiger partial charge < -0.3 is 9.84 Å². The number of anilines is 1. The molecule has 86 valence electrons. The number of benzene rings is 1. The second-order valence-electron chi connectivity index (χ2n) is 3.12. The Morgan fingerprint density at radius 1 is 1.44 bits per heavy atom. The Balaban J connectivity index is 2.63. The SMILES string of the molecule is CC(=O)c1cccc(NC(=O)OCCO)c1. The summed E-state index contributed by atoms with van der Waals surface area (Å²) in [5.41, 5.74) is 0.996. The van der Waals surface area contributed by atoms with Crippen molar-refractivity contribution in [2.45, 2.75) is 6.92 Å². The monoisotopic (exact) mass is 223 g/mol. The second kappa shape index (κ2) is 5.87. The van der Waals surface area contributed by atoms with Gasteiger partial charge in [-0.3, -0.25) is 10.1 Å². The van der Waals surface area contributed by atoms with E-state index >= 15 is 0 Å². The van der Waals surface area contributed by atoms with Crippen LogP contribution in [0.5, 0.6) is 0 Å². The number of carbonyl (C=O) groups excluding carboxylic acids is 2. The molecule has 0 saturated carbocycles. The van der Waals surface area contributed by atoms with Crippen molar-refractivity contribution in [2.75, 3.05) is 18.5 Å². The van der Waals surface area contributed by atoms with Gasteiger partial charge in [0.25, 0.3) is 0 Å². The molecule has 1 rings (SSSR count). The summed E-state index contributed by atoms with van der Waals surface area (Å²) in [5, 5.41) is 10.9. The van der Waals surface area contributed by atoms with Crippen molar-refractivity contribution in [3.8, 4) is 0 Å². The largest absolute Gasteiger partial charge is 0.447 e. The molecule has 0 aromatic heterocycles. The lowest BCUT2D eigenvalue weighted by atomic mass is 10.1. The van der Waals surface area contributed by atoms with Gasteiger partial charge in [-0.15, -0.1) is 0 Å². The van der Waals surface area contributed by atoms with Crippen molar-refractivity contribution in [2.24, 2.45) is 0 Å². The Bertz CT molecular complexity index is 389. The normalized spacial score (nSPS) is 9.62. The van der Waals surface area contributed by atoms with Crippen LogP contribution in [0, 0.1) is 0 Å². The number of ketones is 1. The number of hydrogen-bond donors (Lipinski definition) is 2. The number of hydrogen-bond acceptors (Lipinski definition) is 4. The number of aliphatic hydroxyl groups excluding tert-OH is 1. The van der Waals surface area contributed by atoms with Crippen molar-refractivity contribution in [3.63, 3.8) is 0 Å². The number of ether oxygens (including phenoxy) is 1. The van der Waals surface area contributed by atoms with Gasteiger partial charge in [-0.1, -0.05) is 12.1 Å². The van der Waals surface area contributed by atoms with Crippen molar-refractivity contribution in [1.82, 2.24) is 0 Å². The lowest BCUT2D eigenvalue weighted by Gasteiger charge is -2.06. The Labute approximate surface area is 93.0 Å². The minimum atomic E-state index is -0.658. The first-order valence-corrected chi connectivity index (χ1v) is 4.79. The average Bonchev–Trinajstić information content (AvgIpc) is 2.26. The lowest BCUT2D eigenvalue weighted by Crippen LogP contribution is -2.15. The molecule has 2 N–H and O–H groups in total. The van der Waals surface area contributed by atoms with Gasteiger partial charge in [0, 0.05) is 11.3 Å². The van der Waals surface area contributed by atoms with Gasteiger partial charge in [0.15, 0.2) is 5.78 Å². The number of carbonyl (C=O) groups is 2. The fraction of sp³-hybridized carbons (Fsp3) is 0.273. The zero-order valence-corrected chi connectivity index (χ0v) is 8.90. The second-order valence-corrected chi connectivity index (χ2v) is 3.12. The van der Waals surface area contributed by atoms with E-state index in [-0.39, 0.29) is 19.0 Å². The molecule has 5 heteroatoms. The van der Waals surface area contributed by atoms with Gasteiger partial charge in [-0.25, -0.2) is 4.79 Å². The summed E-state index contributed by atoms with van der Waals surface area (Å²) in [6.45, 7) is 1.17. The van der Waals surface area contributed by atoms with Crippen molar-refractivity contribution in [1.29, 1.82) is 0 Å². The van der Waals surface area contributed by atoms with E-state index in [1.165, 1.54) is 6.92 Å². The topological polar surface area (TPSA) is 75.6 Å². The summed E-state index contributed by atoms with van der Waals surface area (Å²) in [6.07, 6.45) is -0.658. The Hall–Kier alpha value is -1.88. The van der Waals surface area contributed by atoms with Crippen molar-refractivity contribution < 1.29 is 19.4 Å². The van der Waals surface area contributed by atoms with Gasteiger partial charge in [0.1, 0.15) is 6.61 Å². The molecule has 16 heavy (non-hydrogen) atoms. The number of Topliss-reactive ketones (excluding diaryl/α,β-unsaturated/α-hetero) is 1. The van der Waals surface area contributed by atoms with Crippen LogP contribution < -0.4 is 5.32 Å². The minimum absolute atomic E-state index is 0.0573. The quantitative estimate of drug-likeness (QED) is 0.757. The third-order valence-corrected chi connectivity index (χ3v) is 1.84. The fourth-order valence-corrected chi connectivity index (χ4v) is 1.11. The molecule has 5 nitrogen and oxygen atoms in total. The highest BCUT2D eigenvalue weighted by Crippen LogP contribution is 2.11. The van der Waals surface area contributed by atoms with Crippen LogP contribution in [0.4, 0.5) is 10.5 Å². The summed E-state index contributed by atoms with van der Waals surface area (Å²) >= 11 is 0. The van der Waals surface area contributed by atoms with Crippen molar-refractivity contribution >= 4 is 17.6 Å². The minimum Gasteiger partial charge on any atom is -0.447 e. The number of amides is 1. The molecule has 0 atom stereocenters. The number of nitrogens with one attached hydrogen (secondary N) is 1. The maximum Gasteiger partial charge on any atom is 0.411 e. The molecule has 1 aromatic rings. The summed E-state index contributed by atoms with van der Waals surface area (Å²) in [4.78, 5) is 22.2. The zero-order chi connectivity index (χ0) is 12.0. The van der Waals surface area contributed by atoms with Crippen LogP contribution in [0.3, 0.4) is 0 Å². The first kappa shape index (κ1) is 12.2. The van der Waals surface area contributed by atoms with Gasteiger partial charge in [-0.05, 0) is 19.1 Å². The van der Waals surface area contributed by atoms with Crippen LogP contribution in [0.2, 0.25) is 0 Å². The van der Waals surface area contributed by atoms with Crippen LogP contribution in [-0.4, -0.2) is 30.2 Å². The van der Waals surface area contributed by atoms with Crippen LogP contribution >= 0.6 is 0 Å². The molecule has 0 aliphatic rings. The van der Waals surface area contributed by atoms with Gasteiger partial charge in [0.05, 0.1) is 6.61 Å². The molecule has 0 spiro atoms. The van der Waals surface area contributed by atoms with E-state index in [9.17, 15) is 9.59 Å². The van der Waals surface area contributed by atoms with Gasteiger partial charge in [0.2, 0.25) is 0 Å². The standard InChI is InChI=1S/C11H13NO4/c1-8(14)9-3-2-4-10(7-9)12-11(15)16-6-5-13/h2-4,7,13H,5-6H2,1H3,(H,12,15). The molecule has 1 aromatic carbocycles. The highest BCUT2D eigenvalue weighted by atomic mass is 16.6. The molecule has 1 amide bonds.